The Morgan fingerprint density at radius 2 is 2.12 bits per heavy atom. The molecule has 2 rings (SSSR count). The van der Waals surface area contributed by atoms with Crippen molar-refractivity contribution in [2.24, 2.45) is 0 Å². The van der Waals surface area contributed by atoms with Crippen molar-refractivity contribution in [2.75, 3.05) is 20.3 Å². The van der Waals surface area contributed by atoms with E-state index in [1.807, 2.05) is 0 Å². The normalized spacial score (nSPS) is 12.5. The van der Waals surface area contributed by atoms with E-state index in [-0.39, 0.29) is 19.0 Å². The average Bonchev–Trinajstić information content (AvgIpc) is 2.95. The van der Waals surface area contributed by atoms with Gasteiger partial charge in [-0.2, -0.15) is 5.10 Å². The number of ether oxygens (including phenoxy) is 4. The van der Waals surface area contributed by atoms with Gasteiger partial charge in [0.2, 0.25) is 0 Å². The maximum absolute atomic E-state index is 14.2. The molecule has 140 valence electrons. The SMILES string of the molecule is C#Cc1[nH]nc2cc(OCC(COC(=O)OC(C)(C)C)OC)c(F)cc12. The molecule has 0 spiro atoms. The Kier molecular flexibility index (Phi) is 6.05. The average molecular weight is 364 g/mol. The summed E-state index contributed by atoms with van der Waals surface area (Å²) in [5, 5.41) is 7.14. The highest BCUT2D eigenvalue weighted by Crippen LogP contribution is 2.25. The van der Waals surface area contributed by atoms with Crippen LogP contribution in [0.1, 0.15) is 26.5 Å². The van der Waals surface area contributed by atoms with E-state index in [2.05, 4.69) is 16.1 Å². The van der Waals surface area contributed by atoms with E-state index < -0.39 is 23.7 Å². The summed E-state index contributed by atoms with van der Waals surface area (Å²) in [6.45, 7) is 5.05. The standard InChI is InChI=1S/C18H21FN2O5/c1-6-14-12-7-13(19)16(8-15(12)21-20-14)24-9-11(23-5)10-25-17(22)26-18(2,3)4/h1,7-8,11H,9-10H2,2-5H3,(H,20,21). The summed E-state index contributed by atoms with van der Waals surface area (Å²) >= 11 is 0. The minimum absolute atomic E-state index is 0.00751. The molecule has 8 heteroatoms. The fraction of sp³-hybridized carbons (Fsp3) is 0.444. The van der Waals surface area contributed by atoms with Crippen LogP contribution in [0.3, 0.4) is 0 Å². The Hall–Kier alpha value is -2.79. The first-order valence-corrected chi connectivity index (χ1v) is 7.89. The molecule has 0 amide bonds. The van der Waals surface area contributed by atoms with Crippen molar-refractivity contribution in [3.63, 3.8) is 0 Å². The summed E-state index contributed by atoms with van der Waals surface area (Å²) in [5.74, 6) is 1.80. The van der Waals surface area contributed by atoms with E-state index in [1.54, 1.807) is 20.8 Å². The van der Waals surface area contributed by atoms with Crippen LogP contribution in [0, 0.1) is 18.2 Å². The van der Waals surface area contributed by atoms with Gasteiger partial charge < -0.3 is 18.9 Å². The van der Waals surface area contributed by atoms with Crippen LogP contribution in [-0.4, -0.2) is 48.4 Å². The number of aromatic amines is 1. The van der Waals surface area contributed by atoms with Gasteiger partial charge in [-0.25, -0.2) is 9.18 Å². The zero-order valence-corrected chi connectivity index (χ0v) is 15.1. The second kappa shape index (κ2) is 8.06. The number of halogens is 1. The number of H-pyrrole nitrogens is 1. The number of nitrogens with zero attached hydrogens (tertiary/aromatic N) is 1. The van der Waals surface area contributed by atoms with E-state index >= 15 is 0 Å². The molecule has 0 radical (unpaired) electrons. The molecule has 0 aliphatic heterocycles. The molecule has 2 aromatic rings. The third-order valence-electron chi connectivity index (χ3n) is 3.29. The molecular weight excluding hydrogens is 343 g/mol. The van der Waals surface area contributed by atoms with Gasteiger partial charge >= 0.3 is 6.16 Å². The molecule has 1 aromatic heterocycles. The highest BCUT2D eigenvalue weighted by molar-refractivity contribution is 5.85. The molecular formula is C18H21FN2O5. The Balaban J connectivity index is 1.96. The Labute approximate surface area is 150 Å². The summed E-state index contributed by atoms with van der Waals surface area (Å²) in [5.41, 5.74) is 0.217. The van der Waals surface area contributed by atoms with Crippen LogP contribution in [0.2, 0.25) is 0 Å². The van der Waals surface area contributed by atoms with Crippen molar-refractivity contribution in [1.29, 1.82) is 0 Å². The van der Waals surface area contributed by atoms with Gasteiger partial charge in [0.25, 0.3) is 0 Å². The number of aromatic nitrogens is 2. The van der Waals surface area contributed by atoms with Crippen molar-refractivity contribution in [3.8, 4) is 18.1 Å². The highest BCUT2D eigenvalue weighted by Gasteiger charge is 2.20. The second-order valence-electron chi connectivity index (χ2n) is 6.49. The molecule has 0 fully saturated rings. The van der Waals surface area contributed by atoms with Crippen molar-refractivity contribution in [3.05, 3.63) is 23.6 Å². The van der Waals surface area contributed by atoms with Crippen molar-refractivity contribution < 1.29 is 28.1 Å². The summed E-state index contributed by atoms with van der Waals surface area (Å²) < 4.78 is 34.8. The third kappa shape index (κ3) is 5.10. The lowest BCUT2D eigenvalue weighted by Gasteiger charge is -2.21. The van der Waals surface area contributed by atoms with Gasteiger partial charge in [-0.05, 0) is 26.8 Å². The molecule has 0 aliphatic rings. The second-order valence-corrected chi connectivity index (χ2v) is 6.49. The molecule has 1 aromatic carbocycles. The maximum atomic E-state index is 14.2. The molecule has 7 nitrogen and oxygen atoms in total. The molecule has 26 heavy (non-hydrogen) atoms. The van der Waals surface area contributed by atoms with Crippen molar-refractivity contribution in [2.45, 2.75) is 32.5 Å². The van der Waals surface area contributed by atoms with Gasteiger partial charge in [0.1, 0.15) is 30.6 Å². The van der Waals surface area contributed by atoms with E-state index in [0.29, 0.717) is 16.6 Å². The lowest BCUT2D eigenvalue weighted by molar-refractivity contribution is -0.0407. The summed E-state index contributed by atoms with van der Waals surface area (Å²) in [6.07, 6.45) is 3.90. The fourth-order valence-electron chi connectivity index (χ4n) is 2.04. The van der Waals surface area contributed by atoms with Gasteiger partial charge in [-0.3, -0.25) is 5.10 Å². The molecule has 0 aliphatic carbocycles. The zero-order valence-electron chi connectivity index (χ0n) is 15.1. The zero-order chi connectivity index (χ0) is 19.3. The number of hydrogen-bond donors (Lipinski definition) is 1. The van der Waals surface area contributed by atoms with Gasteiger partial charge in [-0.1, -0.05) is 5.92 Å². The number of carbonyl (C=O) groups excluding carboxylic acids is 1. The van der Waals surface area contributed by atoms with Crippen LogP contribution in [0.4, 0.5) is 9.18 Å². The maximum Gasteiger partial charge on any atom is 0.508 e. The molecule has 1 atom stereocenters. The number of benzene rings is 1. The first-order valence-electron chi connectivity index (χ1n) is 7.89. The van der Waals surface area contributed by atoms with Crippen LogP contribution in [0.15, 0.2) is 12.1 Å². The van der Waals surface area contributed by atoms with E-state index in [0.717, 1.165) is 0 Å². The largest absolute Gasteiger partial charge is 0.508 e. The predicted octanol–water partition coefficient (Wildman–Crippen LogP) is 3.03. The van der Waals surface area contributed by atoms with Gasteiger partial charge in [0.05, 0.1) is 5.52 Å². The number of nitrogens with one attached hydrogen (secondary N) is 1. The summed E-state index contributed by atoms with van der Waals surface area (Å²) in [4.78, 5) is 11.6. The minimum atomic E-state index is -0.814. The van der Waals surface area contributed by atoms with Crippen LogP contribution < -0.4 is 4.74 Å². The summed E-state index contributed by atoms with van der Waals surface area (Å²) in [7, 11) is 1.43. The Morgan fingerprint density at radius 1 is 1.38 bits per heavy atom. The highest BCUT2D eigenvalue weighted by atomic mass is 19.1. The molecule has 1 heterocycles. The lowest BCUT2D eigenvalue weighted by atomic mass is 10.2. The Bertz CT molecular complexity index is 819. The number of fused-ring (bicyclic) bond motifs is 1. The van der Waals surface area contributed by atoms with E-state index in [9.17, 15) is 9.18 Å². The van der Waals surface area contributed by atoms with Gasteiger partial charge in [0.15, 0.2) is 11.6 Å². The molecule has 1 unspecified atom stereocenters. The van der Waals surface area contributed by atoms with E-state index in [4.69, 9.17) is 25.4 Å². The predicted molar refractivity (Wildman–Crippen MR) is 92.5 cm³/mol. The van der Waals surface area contributed by atoms with Gasteiger partial charge in [0, 0.05) is 18.6 Å². The summed E-state index contributed by atoms with van der Waals surface area (Å²) in [6, 6.07) is 2.69. The number of terminal acetylenes is 1. The Morgan fingerprint density at radius 3 is 2.73 bits per heavy atom. The third-order valence-corrected chi connectivity index (χ3v) is 3.29. The van der Waals surface area contributed by atoms with Crippen molar-refractivity contribution >= 4 is 17.1 Å². The van der Waals surface area contributed by atoms with Crippen LogP contribution in [0.25, 0.3) is 10.9 Å². The van der Waals surface area contributed by atoms with E-state index in [1.165, 1.54) is 19.2 Å². The molecule has 0 saturated carbocycles. The van der Waals surface area contributed by atoms with Crippen molar-refractivity contribution in [1.82, 2.24) is 10.2 Å². The monoisotopic (exact) mass is 364 g/mol. The molecule has 0 saturated heterocycles. The van der Waals surface area contributed by atoms with Crippen LogP contribution in [0.5, 0.6) is 5.75 Å². The quantitative estimate of drug-likeness (QED) is 0.627. The number of hydrogen-bond acceptors (Lipinski definition) is 6. The number of rotatable bonds is 6. The first-order chi connectivity index (χ1) is 12.2. The first kappa shape index (κ1) is 19.5. The molecule has 1 N–H and O–H groups in total. The van der Waals surface area contributed by atoms with Crippen LogP contribution >= 0.6 is 0 Å². The molecule has 0 bridgehead atoms. The number of methoxy groups -OCH3 is 1. The number of carbonyl (C=O) groups is 1. The fourth-order valence-corrected chi connectivity index (χ4v) is 2.04. The topological polar surface area (TPSA) is 82.7 Å². The minimum Gasteiger partial charge on any atom is -0.488 e. The lowest BCUT2D eigenvalue weighted by Crippen LogP contribution is -2.30. The van der Waals surface area contributed by atoms with Crippen LogP contribution in [-0.2, 0) is 14.2 Å². The smallest absolute Gasteiger partial charge is 0.488 e. The van der Waals surface area contributed by atoms with Gasteiger partial charge in [-0.15, -0.1) is 6.42 Å².